The van der Waals surface area contributed by atoms with Crippen LogP contribution in [0.15, 0.2) is 36.8 Å². The van der Waals surface area contributed by atoms with Gasteiger partial charge < -0.3 is 5.73 Å². The molecule has 2 heterocycles. The molecule has 14 heavy (non-hydrogen) atoms. The number of aromatic nitrogens is 3. The summed E-state index contributed by atoms with van der Waals surface area (Å²) in [6.07, 6.45) is 5.05. The fourth-order valence-corrected chi connectivity index (χ4v) is 1.18. The van der Waals surface area contributed by atoms with Gasteiger partial charge in [-0.05, 0) is 18.2 Å². The second kappa shape index (κ2) is 3.29. The Morgan fingerprint density at radius 2 is 2.21 bits per heavy atom. The van der Waals surface area contributed by atoms with Crippen molar-refractivity contribution < 1.29 is 0 Å². The molecule has 0 fully saturated rings. The average Bonchev–Trinajstić information content (AvgIpc) is 2.70. The normalized spacial score (nSPS) is 10.0. The zero-order valence-corrected chi connectivity index (χ0v) is 7.38. The lowest BCUT2D eigenvalue weighted by atomic mass is 10.2. The van der Waals surface area contributed by atoms with Crippen molar-refractivity contribution in [1.82, 2.24) is 14.8 Å². The van der Waals surface area contributed by atoms with E-state index in [0.717, 1.165) is 0 Å². The maximum absolute atomic E-state index is 7.38. The minimum absolute atomic E-state index is 0.0106. The van der Waals surface area contributed by atoms with Gasteiger partial charge in [-0.1, -0.05) is 0 Å². The van der Waals surface area contributed by atoms with Crippen LogP contribution in [0.5, 0.6) is 0 Å². The maximum atomic E-state index is 7.38. The SMILES string of the molecule is N=C(N)c1cccnc1-n1cccn1. The minimum Gasteiger partial charge on any atom is -0.384 e. The fourth-order valence-electron chi connectivity index (χ4n) is 1.18. The lowest BCUT2D eigenvalue weighted by molar-refractivity contribution is 0.844. The average molecular weight is 187 g/mol. The van der Waals surface area contributed by atoms with Crippen LogP contribution in [0.2, 0.25) is 0 Å². The summed E-state index contributed by atoms with van der Waals surface area (Å²) in [5, 5.41) is 11.4. The predicted molar refractivity (Wildman–Crippen MR) is 52.4 cm³/mol. The van der Waals surface area contributed by atoms with Gasteiger partial charge in [-0.3, -0.25) is 5.41 Å². The first kappa shape index (κ1) is 8.43. The zero-order valence-electron chi connectivity index (χ0n) is 7.38. The predicted octanol–water partition coefficient (Wildman–Crippen LogP) is 0.551. The number of nitrogens with two attached hydrogens (primary N) is 1. The highest BCUT2D eigenvalue weighted by molar-refractivity contribution is 5.97. The van der Waals surface area contributed by atoms with E-state index in [4.69, 9.17) is 11.1 Å². The van der Waals surface area contributed by atoms with Crippen LogP contribution in [0.4, 0.5) is 0 Å². The van der Waals surface area contributed by atoms with Gasteiger partial charge in [0.15, 0.2) is 5.82 Å². The maximum Gasteiger partial charge on any atom is 0.164 e. The van der Waals surface area contributed by atoms with Crippen LogP contribution in [0.1, 0.15) is 5.56 Å². The van der Waals surface area contributed by atoms with Crippen LogP contribution in [0.25, 0.3) is 5.82 Å². The quantitative estimate of drug-likeness (QED) is 0.532. The van der Waals surface area contributed by atoms with Gasteiger partial charge in [0.25, 0.3) is 0 Å². The number of nitrogens with zero attached hydrogens (tertiary/aromatic N) is 3. The van der Waals surface area contributed by atoms with Gasteiger partial charge in [0.1, 0.15) is 5.84 Å². The summed E-state index contributed by atoms with van der Waals surface area (Å²) in [6, 6.07) is 5.27. The van der Waals surface area contributed by atoms with Crippen molar-refractivity contribution >= 4 is 5.84 Å². The number of pyridine rings is 1. The Morgan fingerprint density at radius 1 is 1.36 bits per heavy atom. The summed E-state index contributed by atoms with van der Waals surface area (Å²) >= 11 is 0. The molecule has 3 N–H and O–H groups in total. The minimum atomic E-state index is -0.0106. The molecule has 2 aromatic heterocycles. The first-order chi connectivity index (χ1) is 6.79. The van der Waals surface area contributed by atoms with Gasteiger partial charge in [0.05, 0.1) is 5.56 Å². The molecule has 0 saturated heterocycles. The number of nitrogen functional groups attached to an aromatic ring is 1. The number of hydrogen-bond donors (Lipinski definition) is 2. The van der Waals surface area contributed by atoms with Crippen molar-refractivity contribution in [1.29, 1.82) is 5.41 Å². The van der Waals surface area contributed by atoms with E-state index in [1.165, 1.54) is 0 Å². The number of hydrogen-bond acceptors (Lipinski definition) is 3. The standard InChI is InChI=1S/C9H9N5/c10-8(11)7-3-1-4-12-9(7)14-6-2-5-13-14/h1-6H,(H3,10,11). The van der Waals surface area contributed by atoms with Gasteiger partial charge in [-0.15, -0.1) is 0 Å². The second-order valence-electron chi connectivity index (χ2n) is 2.74. The van der Waals surface area contributed by atoms with Gasteiger partial charge in [0.2, 0.25) is 0 Å². The topological polar surface area (TPSA) is 80.6 Å². The molecule has 2 aromatic rings. The largest absolute Gasteiger partial charge is 0.384 e. The first-order valence-corrected chi connectivity index (χ1v) is 4.08. The highest BCUT2D eigenvalue weighted by Crippen LogP contribution is 2.08. The molecule has 0 amide bonds. The van der Waals surface area contributed by atoms with Crippen molar-refractivity contribution in [2.45, 2.75) is 0 Å². The molecule has 70 valence electrons. The van der Waals surface area contributed by atoms with E-state index in [-0.39, 0.29) is 5.84 Å². The lowest BCUT2D eigenvalue weighted by Crippen LogP contribution is -2.15. The molecule has 2 rings (SSSR count). The molecule has 0 atom stereocenters. The molecular formula is C9H9N5. The third-order valence-electron chi connectivity index (χ3n) is 1.80. The van der Waals surface area contributed by atoms with Gasteiger partial charge in [-0.2, -0.15) is 5.10 Å². The van der Waals surface area contributed by atoms with E-state index in [1.807, 2.05) is 0 Å². The van der Waals surface area contributed by atoms with Crippen LogP contribution < -0.4 is 5.73 Å². The summed E-state index contributed by atoms with van der Waals surface area (Å²) in [4.78, 5) is 4.12. The zero-order chi connectivity index (χ0) is 9.97. The summed E-state index contributed by atoms with van der Waals surface area (Å²) in [5.41, 5.74) is 6.00. The van der Waals surface area contributed by atoms with Crippen molar-refractivity contribution in [2.24, 2.45) is 5.73 Å². The Hall–Kier alpha value is -2.17. The third-order valence-corrected chi connectivity index (χ3v) is 1.80. The van der Waals surface area contributed by atoms with E-state index in [9.17, 15) is 0 Å². The summed E-state index contributed by atoms with van der Waals surface area (Å²) < 4.78 is 1.58. The van der Waals surface area contributed by atoms with E-state index in [0.29, 0.717) is 11.4 Å². The Bertz CT molecular complexity index is 446. The molecular weight excluding hydrogens is 178 g/mol. The van der Waals surface area contributed by atoms with Crippen LogP contribution >= 0.6 is 0 Å². The van der Waals surface area contributed by atoms with E-state index < -0.39 is 0 Å². The van der Waals surface area contributed by atoms with Crippen LogP contribution in [0, 0.1) is 5.41 Å². The van der Waals surface area contributed by atoms with Crippen LogP contribution in [-0.4, -0.2) is 20.6 Å². The smallest absolute Gasteiger partial charge is 0.164 e. The molecule has 0 aliphatic carbocycles. The highest BCUT2D eigenvalue weighted by Gasteiger charge is 2.07. The third kappa shape index (κ3) is 1.35. The molecule has 0 aliphatic heterocycles. The van der Waals surface area contributed by atoms with E-state index >= 15 is 0 Å². The van der Waals surface area contributed by atoms with Gasteiger partial charge >= 0.3 is 0 Å². The Morgan fingerprint density at radius 3 is 2.86 bits per heavy atom. The fraction of sp³-hybridized carbons (Fsp3) is 0. The summed E-state index contributed by atoms with van der Waals surface area (Å²) in [6.45, 7) is 0. The first-order valence-electron chi connectivity index (χ1n) is 4.08. The molecule has 0 unspecified atom stereocenters. The molecule has 0 aliphatic rings. The Balaban J connectivity index is 2.58. The highest BCUT2D eigenvalue weighted by atomic mass is 15.3. The molecule has 0 bridgehead atoms. The van der Waals surface area contributed by atoms with Gasteiger partial charge in [0, 0.05) is 18.6 Å². The van der Waals surface area contributed by atoms with E-state index in [1.54, 1.807) is 41.5 Å². The summed E-state index contributed by atoms with van der Waals surface area (Å²) in [5.74, 6) is 0.564. The molecule has 5 nitrogen and oxygen atoms in total. The molecule has 0 spiro atoms. The Kier molecular flexibility index (Phi) is 1.98. The summed E-state index contributed by atoms with van der Waals surface area (Å²) in [7, 11) is 0. The molecule has 5 heteroatoms. The van der Waals surface area contributed by atoms with Crippen molar-refractivity contribution in [3.05, 3.63) is 42.4 Å². The molecule has 0 saturated carbocycles. The number of amidine groups is 1. The second-order valence-corrected chi connectivity index (χ2v) is 2.74. The Labute approximate surface area is 80.7 Å². The van der Waals surface area contributed by atoms with Crippen molar-refractivity contribution in [2.75, 3.05) is 0 Å². The monoisotopic (exact) mass is 187 g/mol. The lowest BCUT2D eigenvalue weighted by Gasteiger charge is -2.05. The van der Waals surface area contributed by atoms with Crippen molar-refractivity contribution in [3.8, 4) is 5.82 Å². The van der Waals surface area contributed by atoms with E-state index in [2.05, 4.69) is 10.1 Å². The number of nitrogens with one attached hydrogen (secondary N) is 1. The van der Waals surface area contributed by atoms with Crippen LogP contribution in [-0.2, 0) is 0 Å². The van der Waals surface area contributed by atoms with Crippen molar-refractivity contribution in [3.63, 3.8) is 0 Å². The number of rotatable bonds is 2. The van der Waals surface area contributed by atoms with Crippen LogP contribution in [0.3, 0.4) is 0 Å². The molecule has 0 radical (unpaired) electrons. The van der Waals surface area contributed by atoms with Gasteiger partial charge in [-0.25, -0.2) is 9.67 Å². The molecule has 0 aromatic carbocycles.